The van der Waals surface area contributed by atoms with Gasteiger partial charge in [-0.15, -0.1) is 0 Å². The Bertz CT molecular complexity index is 515. The quantitative estimate of drug-likeness (QED) is 0.852. The van der Waals surface area contributed by atoms with Crippen LogP contribution in [0.5, 0.6) is 0 Å². The molecule has 3 nitrogen and oxygen atoms in total. The van der Waals surface area contributed by atoms with Gasteiger partial charge in [0, 0.05) is 37.9 Å². The van der Waals surface area contributed by atoms with Crippen LogP contribution in [-0.4, -0.2) is 36.1 Å². The van der Waals surface area contributed by atoms with Crippen LogP contribution in [0.2, 0.25) is 0 Å². The fourth-order valence-corrected chi connectivity index (χ4v) is 2.59. The van der Waals surface area contributed by atoms with E-state index in [1.165, 1.54) is 5.56 Å². The van der Waals surface area contributed by atoms with Gasteiger partial charge in [-0.05, 0) is 17.7 Å². The van der Waals surface area contributed by atoms with Crippen molar-refractivity contribution in [2.24, 2.45) is 0 Å². The van der Waals surface area contributed by atoms with Crippen molar-refractivity contribution in [2.45, 2.75) is 12.5 Å². The smallest absolute Gasteiger partial charge is 0.0952 e. The molecule has 0 unspecified atom stereocenters. The van der Waals surface area contributed by atoms with Crippen molar-refractivity contribution in [1.82, 2.24) is 9.88 Å². The highest BCUT2D eigenvalue weighted by Gasteiger charge is 2.21. The average molecular weight is 268 g/mol. The third kappa shape index (κ3) is 3.44. The van der Waals surface area contributed by atoms with Gasteiger partial charge < -0.3 is 4.74 Å². The second-order valence-corrected chi connectivity index (χ2v) is 5.14. The topological polar surface area (TPSA) is 25.4 Å². The van der Waals surface area contributed by atoms with Gasteiger partial charge in [0.2, 0.25) is 0 Å². The van der Waals surface area contributed by atoms with Gasteiger partial charge in [-0.1, -0.05) is 36.4 Å². The number of morpholine rings is 1. The summed E-state index contributed by atoms with van der Waals surface area (Å²) in [6.07, 6.45) is 3.07. The lowest BCUT2D eigenvalue weighted by molar-refractivity contribution is -0.0296. The summed E-state index contributed by atoms with van der Waals surface area (Å²) in [5.41, 5.74) is 2.44. The summed E-state index contributed by atoms with van der Waals surface area (Å²) in [6.45, 7) is 3.83. The van der Waals surface area contributed by atoms with Crippen LogP contribution in [0.1, 0.15) is 17.4 Å². The Kier molecular flexibility index (Phi) is 4.41. The van der Waals surface area contributed by atoms with Crippen LogP contribution in [0.4, 0.5) is 0 Å². The van der Waals surface area contributed by atoms with Gasteiger partial charge in [0.1, 0.15) is 0 Å². The molecule has 1 aliphatic rings. The van der Waals surface area contributed by atoms with E-state index in [0.29, 0.717) is 0 Å². The highest BCUT2D eigenvalue weighted by atomic mass is 16.5. The lowest BCUT2D eigenvalue weighted by Gasteiger charge is -2.33. The van der Waals surface area contributed by atoms with E-state index in [9.17, 15) is 0 Å². The van der Waals surface area contributed by atoms with E-state index in [4.69, 9.17) is 4.74 Å². The minimum absolute atomic E-state index is 0.202. The van der Waals surface area contributed by atoms with Crippen LogP contribution < -0.4 is 0 Å². The standard InChI is InChI=1S/C17H20N2O/c1-2-6-15(7-3-1)17-14-19(12-13-20-17)11-9-16-8-4-5-10-18-16/h1-8,10,17H,9,11-14H2/t17-/m0/s1. The molecule has 3 rings (SSSR count). The SMILES string of the molecule is c1ccc([C@@H]2CN(CCc3ccccn3)CCO2)cc1. The van der Waals surface area contributed by atoms with Gasteiger partial charge in [0.05, 0.1) is 12.7 Å². The Morgan fingerprint density at radius 1 is 1.10 bits per heavy atom. The highest BCUT2D eigenvalue weighted by Crippen LogP contribution is 2.21. The summed E-state index contributed by atoms with van der Waals surface area (Å²) in [7, 11) is 0. The van der Waals surface area contributed by atoms with Gasteiger partial charge in [-0.25, -0.2) is 0 Å². The number of aromatic nitrogens is 1. The lowest BCUT2D eigenvalue weighted by Crippen LogP contribution is -2.39. The molecule has 1 aliphatic heterocycles. The molecule has 3 heteroatoms. The van der Waals surface area contributed by atoms with E-state index in [-0.39, 0.29) is 6.10 Å². The Balaban J connectivity index is 1.56. The minimum Gasteiger partial charge on any atom is -0.371 e. The lowest BCUT2D eigenvalue weighted by atomic mass is 10.1. The summed E-state index contributed by atoms with van der Waals surface area (Å²) in [5.74, 6) is 0. The van der Waals surface area contributed by atoms with Crippen LogP contribution in [-0.2, 0) is 11.2 Å². The van der Waals surface area contributed by atoms with Crippen molar-refractivity contribution < 1.29 is 4.74 Å². The summed E-state index contributed by atoms with van der Waals surface area (Å²) < 4.78 is 5.89. The first kappa shape index (κ1) is 13.3. The second kappa shape index (κ2) is 6.64. The van der Waals surface area contributed by atoms with Gasteiger partial charge in [0.15, 0.2) is 0 Å². The number of pyridine rings is 1. The van der Waals surface area contributed by atoms with E-state index in [1.54, 1.807) is 0 Å². The molecule has 2 aromatic rings. The van der Waals surface area contributed by atoms with Gasteiger partial charge in [-0.3, -0.25) is 9.88 Å². The Hall–Kier alpha value is -1.71. The predicted octanol–water partition coefficient (Wildman–Crippen LogP) is 2.70. The van der Waals surface area contributed by atoms with Crippen LogP contribution in [0.3, 0.4) is 0 Å². The van der Waals surface area contributed by atoms with Crippen LogP contribution in [0, 0.1) is 0 Å². The van der Waals surface area contributed by atoms with E-state index >= 15 is 0 Å². The molecule has 0 spiro atoms. The maximum absolute atomic E-state index is 5.89. The zero-order chi connectivity index (χ0) is 13.6. The number of nitrogens with zero attached hydrogens (tertiary/aromatic N) is 2. The molecule has 0 saturated carbocycles. The molecule has 1 aromatic carbocycles. The van der Waals surface area contributed by atoms with E-state index in [1.807, 2.05) is 18.3 Å². The molecule has 1 aromatic heterocycles. The molecule has 1 saturated heterocycles. The second-order valence-electron chi connectivity index (χ2n) is 5.14. The third-order valence-electron chi connectivity index (χ3n) is 3.73. The van der Waals surface area contributed by atoms with Crippen molar-refractivity contribution in [3.8, 4) is 0 Å². The molecule has 0 N–H and O–H groups in total. The number of hydrogen-bond donors (Lipinski definition) is 0. The molecule has 1 fully saturated rings. The highest BCUT2D eigenvalue weighted by molar-refractivity contribution is 5.18. The van der Waals surface area contributed by atoms with Crippen LogP contribution in [0.15, 0.2) is 54.7 Å². The van der Waals surface area contributed by atoms with Crippen molar-refractivity contribution in [3.63, 3.8) is 0 Å². The summed E-state index contributed by atoms with van der Waals surface area (Å²) in [4.78, 5) is 6.85. The van der Waals surface area contributed by atoms with E-state index in [2.05, 4.69) is 46.3 Å². The molecule has 0 radical (unpaired) electrons. The number of benzene rings is 1. The molecule has 0 aliphatic carbocycles. The van der Waals surface area contributed by atoms with Crippen molar-refractivity contribution in [1.29, 1.82) is 0 Å². The van der Waals surface area contributed by atoms with Crippen LogP contribution >= 0.6 is 0 Å². The van der Waals surface area contributed by atoms with Gasteiger partial charge in [-0.2, -0.15) is 0 Å². The first-order valence-corrected chi connectivity index (χ1v) is 7.20. The van der Waals surface area contributed by atoms with Crippen molar-refractivity contribution >= 4 is 0 Å². The minimum atomic E-state index is 0.202. The molecule has 2 heterocycles. The molecule has 0 amide bonds. The average Bonchev–Trinajstić information content (AvgIpc) is 2.55. The Labute approximate surface area is 120 Å². The fraction of sp³-hybridized carbons (Fsp3) is 0.353. The Morgan fingerprint density at radius 2 is 1.95 bits per heavy atom. The maximum Gasteiger partial charge on any atom is 0.0952 e. The fourth-order valence-electron chi connectivity index (χ4n) is 2.59. The largest absolute Gasteiger partial charge is 0.371 e. The summed E-state index contributed by atoms with van der Waals surface area (Å²) in [6, 6.07) is 16.6. The number of ether oxygens (including phenoxy) is 1. The molecule has 20 heavy (non-hydrogen) atoms. The van der Waals surface area contributed by atoms with Crippen molar-refractivity contribution in [2.75, 3.05) is 26.2 Å². The summed E-state index contributed by atoms with van der Waals surface area (Å²) >= 11 is 0. The number of hydrogen-bond acceptors (Lipinski definition) is 3. The predicted molar refractivity (Wildman–Crippen MR) is 79.5 cm³/mol. The summed E-state index contributed by atoms with van der Waals surface area (Å²) in [5, 5.41) is 0. The molecule has 0 bridgehead atoms. The van der Waals surface area contributed by atoms with E-state index < -0.39 is 0 Å². The van der Waals surface area contributed by atoms with Gasteiger partial charge in [0.25, 0.3) is 0 Å². The third-order valence-corrected chi connectivity index (χ3v) is 3.73. The first-order valence-electron chi connectivity index (χ1n) is 7.20. The molecule has 104 valence electrons. The van der Waals surface area contributed by atoms with Crippen molar-refractivity contribution in [3.05, 3.63) is 66.0 Å². The molecular formula is C17H20N2O. The van der Waals surface area contributed by atoms with Crippen LogP contribution in [0.25, 0.3) is 0 Å². The first-order chi connectivity index (χ1) is 9.92. The normalized spacial score (nSPS) is 19.9. The van der Waals surface area contributed by atoms with E-state index in [0.717, 1.165) is 38.4 Å². The van der Waals surface area contributed by atoms with Gasteiger partial charge >= 0.3 is 0 Å². The zero-order valence-electron chi connectivity index (χ0n) is 11.6. The number of rotatable bonds is 4. The monoisotopic (exact) mass is 268 g/mol. The zero-order valence-corrected chi connectivity index (χ0v) is 11.6. The Morgan fingerprint density at radius 3 is 2.75 bits per heavy atom. The molecular weight excluding hydrogens is 248 g/mol. The molecule has 1 atom stereocenters. The maximum atomic E-state index is 5.89.